The smallest absolute Gasteiger partial charge is 0.136 e. The molecular weight excluding hydrogens is 248 g/mol. The molecule has 4 nitrogen and oxygen atoms in total. The molecule has 18 heavy (non-hydrogen) atoms. The van der Waals surface area contributed by atoms with Crippen molar-refractivity contribution in [3.8, 4) is 0 Å². The lowest BCUT2D eigenvalue weighted by molar-refractivity contribution is 1.04. The first-order chi connectivity index (χ1) is 8.69. The minimum atomic E-state index is 0.666. The van der Waals surface area contributed by atoms with Crippen LogP contribution in [0.3, 0.4) is 0 Å². The van der Waals surface area contributed by atoms with E-state index in [0.717, 1.165) is 23.9 Å². The summed E-state index contributed by atoms with van der Waals surface area (Å²) in [6.45, 7) is 4.71. The lowest BCUT2D eigenvalue weighted by Crippen LogP contribution is -2.04. The fourth-order valence-corrected chi connectivity index (χ4v) is 1.79. The van der Waals surface area contributed by atoms with Crippen molar-refractivity contribution in [3.05, 3.63) is 41.2 Å². The molecule has 94 valence electrons. The summed E-state index contributed by atoms with van der Waals surface area (Å²) in [5, 5.41) is 7.02. The summed E-state index contributed by atoms with van der Waals surface area (Å²) in [5.41, 5.74) is 0.833. The summed E-state index contributed by atoms with van der Waals surface area (Å²) in [4.78, 5) is 8.62. The molecule has 0 aliphatic heterocycles. The molecule has 1 heterocycles. The van der Waals surface area contributed by atoms with Crippen LogP contribution in [-0.2, 0) is 0 Å². The Morgan fingerprint density at radius 2 is 1.89 bits per heavy atom. The Morgan fingerprint density at radius 1 is 1.17 bits per heavy atom. The highest BCUT2D eigenvalue weighted by molar-refractivity contribution is 6.33. The van der Waals surface area contributed by atoms with Crippen LogP contribution in [0.25, 0.3) is 0 Å². The number of aryl methyl sites for hydroxylation is 1. The van der Waals surface area contributed by atoms with Gasteiger partial charge >= 0.3 is 0 Å². The van der Waals surface area contributed by atoms with Crippen molar-refractivity contribution in [2.45, 2.75) is 13.8 Å². The van der Waals surface area contributed by atoms with E-state index in [2.05, 4.69) is 20.6 Å². The van der Waals surface area contributed by atoms with Gasteiger partial charge in [0.15, 0.2) is 0 Å². The number of aromatic nitrogens is 2. The van der Waals surface area contributed by atoms with Crippen LogP contribution in [0.1, 0.15) is 12.7 Å². The second-order valence-electron chi connectivity index (χ2n) is 3.82. The van der Waals surface area contributed by atoms with E-state index in [0.29, 0.717) is 10.8 Å². The number of benzene rings is 1. The van der Waals surface area contributed by atoms with Gasteiger partial charge in [-0.2, -0.15) is 0 Å². The molecule has 0 radical (unpaired) electrons. The third-order valence-electron chi connectivity index (χ3n) is 2.33. The van der Waals surface area contributed by atoms with Gasteiger partial charge in [0.25, 0.3) is 0 Å². The predicted molar refractivity (Wildman–Crippen MR) is 75.7 cm³/mol. The summed E-state index contributed by atoms with van der Waals surface area (Å²) in [6.07, 6.45) is 0. The summed E-state index contributed by atoms with van der Waals surface area (Å²) in [7, 11) is 0. The lowest BCUT2D eigenvalue weighted by atomic mass is 10.3. The van der Waals surface area contributed by atoms with E-state index in [9.17, 15) is 0 Å². The predicted octanol–water partition coefficient (Wildman–Crippen LogP) is 3.61. The zero-order valence-corrected chi connectivity index (χ0v) is 11.1. The molecule has 2 N–H and O–H groups in total. The lowest BCUT2D eigenvalue weighted by Gasteiger charge is -2.10. The third-order valence-corrected chi connectivity index (χ3v) is 2.66. The Morgan fingerprint density at radius 3 is 2.61 bits per heavy atom. The second-order valence-corrected chi connectivity index (χ2v) is 4.23. The summed E-state index contributed by atoms with van der Waals surface area (Å²) >= 11 is 6.09. The summed E-state index contributed by atoms with van der Waals surface area (Å²) < 4.78 is 0. The minimum absolute atomic E-state index is 0.666. The van der Waals surface area contributed by atoms with Crippen LogP contribution >= 0.6 is 11.6 Å². The summed E-state index contributed by atoms with van der Waals surface area (Å²) in [5.74, 6) is 2.24. The van der Waals surface area contributed by atoms with Gasteiger partial charge in [0.1, 0.15) is 17.5 Å². The fourth-order valence-electron chi connectivity index (χ4n) is 1.60. The van der Waals surface area contributed by atoms with Gasteiger partial charge in [0, 0.05) is 12.6 Å². The maximum absolute atomic E-state index is 6.09. The monoisotopic (exact) mass is 262 g/mol. The van der Waals surface area contributed by atoms with Crippen LogP contribution in [0.15, 0.2) is 30.3 Å². The van der Waals surface area contributed by atoms with Gasteiger partial charge in [-0.3, -0.25) is 0 Å². The van der Waals surface area contributed by atoms with Crippen molar-refractivity contribution in [3.63, 3.8) is 0 Å². The number of halogens is 1. The highest BCUT2D eigenvalue weighted by atomic mass is 35.5. The first-order valence-corrected chi connectivity index (χ1v) is 6.18. The van der Waals surface area contributed by atoms with Gasteiger partial charge in [0.05, 0.1) is 10.7 Å². The number of anilines is 3. The normalized spacial score (nSPS) is 10.2. The highest BCUT2D eigenvalue weighted by Gasteiger charge is 2.03. The van der Waals surface area contributed by atoms with Gasteiger partial charge in [-0.05, 0) is 26.0 Å². The molecule has 0 amide bonds. The van der Waals surface area contributed by atoms with E-state index in [1.807, 2.05) is 44.2 Å². The molecule has 0 spiro atoms. The molecule has 0 fully saturated rings. The van der Waals surface area contributed by atoms with Gasteiger partial charge in [0.2, 0.25) is 0 Å². The first kappa shape index (κ1) is 12.6. The number of hydrogen-bond acceptors (Lipinski definition) is 4. The molecule has 0 atom stereocenters. The molecule has 5 heteroatoms. The van der Waals surface area contributed by atoms with E-state index in [4.69, 9.17) is 11.6 Å². The average molecular weight is 263 g/mol. The van der Waals surface area contributed by atoms with Crippen LogP contribution in [-0.4, -0.2) is 16.5 Å². The van der Waals surface area contributed by atoms with Crippen molar-refractivity contribution in [2.75, 3.05) is 17.2 Å². The Labute approximate surface area is 111 Å². The van der Waals surface area contributed by atoms with E-state index in [-0.39, 0.29) is 0 Å². The molecule has 0 aliphatic rings. The topological polar surface area (TPSA) is 49.8 Å². The molecule has 0 unspecified atom stereocenters. The number of rotatable bonds is 4. The van der Waals surface area contributed by atoms with E-state index >= 15 is 0 Å². The number of nitrogens with zero attached hydrogens (tertiary/aromatic N) is 2. The van der Waals surface area contributed by atoms with Gasteiger partial charge < -0.3 is 10.6 Å². The zero-order valence-electron chi connectivity index (χ0n) is 10.4. The Bertz CT molecular complexity index is 542. The first-order valence-electron chi connectivity index (χ1n) is 5.80. The minimum Gasteiger partial charge on any atom is -0.370 e. The van der Waals surface area contributed by atoms with Crippen LogP contribution in [0.4, 0.5) is 17.3 Å². The molecule has 0 aliphatic carbocycles. The fraction of sp³-hybridized carbons (Fsp3) is 0.231. The maximum Gasteiger partial charge on any atom is 0.136 e. The van der Waals surface area contributed by atoms with Crippen molar-refractivity contribution < 1.29 is 0 Å². The van der Waals surface area contributed by atoms with Crippen LogP contribution < -0.4 is 10.6 Å². The molecule has 1 aromatic carbocycles. The maximum atomic E-state index is 6.09. The number of hydrogen-bond donors (Lipinski definition) is 2. The summed E-state index contributed by atoms with van der Waals surface area (Å²) in [6, 6.07) is 9.42. The second kappa shape index (κ2) is 5.69. The van der Waals surface area contributed by atoms with Crippen molar-refractivity contribution >= 4 is 28.9 Å². The standard InChI is InChI=1S/C13H15ClN4/c1-3-15-12-8-13(17-9(2)16-12)18-11-7-5-4-6-10(11)14/h4-8H,3H2,1-2H3,(H2,15,16,17,18). The van der Waals surface area contributed by atoms with Crippen molar-refractivity contribution in [2.24, 2.45) is 0 Å². The number of para-hydroxylation sites is 1. The molecule has 0 saturated carbocycles. The van der Waals surface area contributed by atoms with Crippen molar-refractivity contribution in [1.29, 1.82) is 0 Å². The molecular formula is C13H15ClN4. The molecule has 0 saturated heterocycles. The quantitative estimate of drug-likeness (QED) is 0.884. The Kier molecular flexibility index (Phi) is 3.99. The van der Waals surface area contributed by atoms with Gasteiger partial charge in [-0.15, -0.1) is 0 Å². The van der Waals surface area contributed by atoms with Crippen LogP contribution in [0, 0.1) is 6.92 Å². The molecule has 2 aromatic rings. The molecule has 0 bridgehead atoms. The van der Waals surface area contributed by atoms with Crippen molar-refractivity contribution in [1.82, 2.24) is 9.97 Å². The Hall–Kier alpha value is -1.81. The van der Waals surface area contributed by atoms with E-state index in [1.165, 1.54) is 0 Å². The SMILES string of the molecule is CCNc1cc(Nc2ccccc2Cl)nc(C)n1. The van der Waals surface area contributed by atoms with Gasteiger partial charge in [-0.1, -0.05) is 23.7 Å². The van der Waals surface area contributed by atoms with E-state index < -0.39 is 0 Å². The molecule has 2 rings (SSSR count). The largest absolute Gasteiger partial charge is 0.370 e. The third kappa shape index (κ3) is 3.11. The van der Waals surface area contributed by atoms with Crippen LogP contribution in [0.2, 0.25) is 5.02 Å². The average Bonchev–Trinajstić information content (AvgIpc) is 2.32. The van der Waals surface area contributed by atoms with E-state index in [1.54, 1.807) is 0 Å². The highest BCUT2D eigenvalue weighted by Crippen LogP contribution is 2.24. The Balaban J connectivity index is 2.26. The van der Waals surface area contributed by atoms with Crippen LogP contribution in [0.5, 0.6) is 0 Å². The van der Waals surface area contributed by atoms with Gasteiger partial charge in [-0.25, -0.2) is 9.97 Å². The zero-order chi connectivity index (χ0) is 13.0. The molecule has 1 aromatic heterocycles. The number of nitrogens with one attached hydrogen (secondary N) is 2.